The number of likely N-dealkylation sites (tertiary alicyclic amines) is 1. The Morgan fingerprint density at radius 3 is 1.87 bits per heavy atom. The zero-order chi connectivity index (χ0) is 49.6. The van der Waals surface area contributed by atoms with Crippen LogP contribution in [0.5, 0.6) is 0 Å². The fourth-order valence-corrected chi connectivity index (χ4v) is 9.96. The molecule has 12 N–H and O–H groups in total. The van der Waals surface area contributed by atoms with E-state index in [0.717, 1.165) is 70.6 Å². The molecule has 1 aliphatic carbocycles. The third-order valence-electron chi connectivity index (χ3n) is 13.7. The van der Waals surface area contributed by atoms with E-state index in [4.69, 9.17) is 11.5 Å². The van der Waals surface area contributed by atoms with Crippen molar-refractivity contribution in [1.82, 2.24) is 41.5 Å². The Labute approximate surface area is 407 Å². The van der Waals surface area contributed by atoms with E-state index in [9.17, 15) is 33.9 Å². The Bertz CT molecular complexity index is 2620. The van der Waals surface area contributed by atoms with Crippen LogP contribution >= 0.6 is 0 Å². The number of aliphatic carboxylic acids is 1. The third kappa shape index (κ3) is 13.3. The number of rotatable bonds is 23. The summed E-state index contributed by atoms with van der Waals surface area (Å²) in [6.45, 7) is 0.425. The summed E-state index contributed by atoms with van der Waals surface area (Å²) in [5.74, 6) is -3.88. The fourth-order valence-electron chi connectivity index (χ4n) is 9.96. The van der Waals surface area contributed by atoms with Gasteiger partial charge in [0.05, 0.1) is 6.04 Å². The van der Waals surface area contributed by atoms with Crippen molar-refractivity contribution in [3.63, 3.8) is 0 Å². The van der Waals surface area contributed by atoms with Gasteiger partial charge in [0.15, 0.2) is 5.96 Å². The molecule has 1 saturated carbocycles. The molecule has 1 aliphatic heterocycles. The summed E-state index contributed by atoms with van der Waals surface area (Å²) in [7, 11) is 1.70. The average Bonchev–Trinajstić information content (AvgIpc) is 4.13. The summed E-state index contributed by atoms with van der Waals surface area (Å²) >= 11 is 0. The molecular formula is C52H67N11O7. The maximum atomic E-state index is 14.9. The Morgan fingerprint density at radius 2 is 1.24 bits per heavy atom. The summed E-state index contributed by atoms with van der Waals surface area (Å²) in [5, 5.41) is 26.6. The lowest BCUT2D eigenvalue weighted by Gasteiger charge is -2.32. The van der Waals surface area contributed by atoms with Crippen molar-refractivity contribution >= 4 is 63.3 Å². The van der Waals surface area contributed by atoms with Crippen LogP contribution in [0.4, 0.5) is 0 Å². The Balaban J connectivity index is 1.12. The van der Waals surface area contributed by atoms with Gasteiger partial charge in [-0.1, -0.05) is 98.8 Å². The molecule has 18 nitrogen and oxygen atoms in total. The quantitative estimate of drug-likeness (QED) is 0.0259. The minimum atomic E-state index is -1.30. The summed E-state index contributed by atoms with van der Waals surface area (Å²) < 4.78 is 0. The lowest BCUT2D eigenvalue weighted by Crippen LogP contribution is -2.59. The SMILES string of the molecule is CN[C@@H](Cc1ccccc1)C(=O)N[C@@H](Cc1c[nH]c2ccccc12)C(=O)N1CCC[C@H]1C(=O)N[C@H](CC1CCCCC1)C(=O)N[C@@H](Cc1c[nH]c2ccccc12)C(=O)N[C@H](CCCN=C(N)N)C(=O)O. The first kappa shape index (κ1) is 50.7. The van der Waals surface area contributed by atoms with Crippen LogP contribution < -0.4 is 38.1 Å². The molecule has 0 spiro atoms. The van der Waals surface area contributed by atoms with E-state index in [-0.39, 0.29) is 56.6 Å². The maximum Gasteiger partial charge on any atom is 0.326 e. The molecule has 70 heavy (non-hydrogen) atoms. The van der Waals surface area contributed by atoms with E-state index in [2.05, 4.69) is 41.5 Å². The third-order valence-corrected chi connectivity index (χ3v) is 13.7. The van der Waals surface area contributed by atoms with Crippen molar-refractivity contribution in [2.45, 2.75) is 120 Å². The number of nitrogens with one attached hydrogen (secondary N) is 7. The molecule has 6 atom stereocenters. The smallest absolute Gasteiger partial charge is 0.326 e. The molecule has 372 valence electrons. The number of H-pyrrole nitrogens is 2. The highest BCUT2D eigenvalue weighted by Gasteiger charge is 2.41. The van der Waals surface area contributed by atoms with Gasteiger partial charge < -0.3 is 58.0 Å². The molecule has 18 heteroatoms. The molecule has 2 aliphatic rings. The van der Waals surface area contributed by atoms with Crippen molar-refractivity contribution in [3.8, 4) is 0 Å². The number of carbonyl (C=O) groups excluding carboxylic acids is 5. The number of para-hydroxylation sites is 2. The second-order valence-corrected chi connectivity index (χ2v) is 18.6. The molecule has 2 fully saturated rings. The van der Waals surface area contributed by atoms with E-state index in [1.165, 1.54) is 4.90 Å². The van der Waals surface area contributed by atoms with E-state index in [1.807, 2.05) is 85.1 Å². The number of carboxylic acid groups (broad SMARTS) is 1. The first-order valence-corrected chi connectivity index (χ1v) is 24.5. The highest BCUT2D eigenvalue weighted by atomic mass is 16.4. The maximum absolute atomic E-state index is 14.9. The van der Waals surface area contributed by atoms with Crippen LogP contribution in [0, 0.1) is 5.92 Å². The number of aromatic amines is 2. The van der Waals surface area contributed by atoms with Crippen molar-refractivity contribution in [1.29, 1.82) is 0 Å². The molecule has 7 rings (SSSR count). The monoisotopic (exact) mass is 958 g/mol. The molecule has 3 heterocycles. The normalized spacial score (nSPS) is 17.2. The molecule has 2 aromatic heterocycles. The van der Waals surface area contributed by atoms with Crippen LogP contribution in [0.15, 0.2) is 96.2 Å². The van der Waals surface area contributed by atoms with Crippen LogP contribution in [0.2, 0.25) is 0 Å². The van der Waals surface area contributed by atoms with Crippen molar-refractivity contribution in [2.24, 2.45) is 22.4 Å². The average molecular weight is 958 g/mol. The molecule has 5 aromatic rings. The van der Waals surface area contributed by atoms with Crippen LogP contribution in [-0.2, 0) is 48.0 Å². The van der Waals surface area contributed by atoms with Gasteiger partial charge in [-0.2, -0.15) is 0 Å². The van der Waals surface area contributed by atoms with Crippen LogP contribution in [0.25, 0.3) is 21.8 Å². The van der Waals surface area contributed by atoms with Gasteiger partial charge in [0.25, 0.3) is 0 Å². The summed E-state index contributed by atoms with van der Waals surface area (Å²) in [6, 6.07) is 18.6. The summed E-state index contributed by atoms with van der Waals surface area (Å²) in [5.41, 5.74) is 15.1. The number of benzene rings is 3. The minimum absolute atomic E-state index is 0.0141. The lowest BCUT2D eigenvalue weighted by molar-refractivity contribution is -0.143. The predicted molar refractivity (Wildman–Crippen MR) is 268 cm³/mol. The van der Waals surface area contributed by atoms with Gasteiger partial charge in [0.2, 0.25) is 29.5 Å². The zero-order valence-corrected chi connectivity index (χ0v) is 39.8. The predicted octanol–water partition coefficient (Wildman–Crippen LogP) is 3.30. The number of likely N-dealkylation sites (N-methyl/N-ethyl adjacent to an activating group) is 1. The van der Waals surface area contributed by atoms with Gasteiger partial charge in [-0.3, -0.25) is 29.0 Å². The Kier molecular flexibility index (Phi) is 17.6. The Morgan fingerprint density at radius 1 is 0.671 bits per heavy atom. The van der Waals surface area contributed by atoms with Gasteiger partial charge in [-0.15, -0.1) is 0 Å². The summed E-state index contributed by atoms with van der Waals surface area (Å²) in [4.78, 5) is 96.8. The highest BCUT2D eigenvalue weighted by molar-refractivity contribution is 5.97. The van der Waals surface area contributed by atoms with E-state index >= 15 is 0 Å². The van der Waals surface area contributed by atoms with Gasteiger partial charge in [0, 0.05) is 60.1 Å². The highest BCUT2D eigenvalue weighted by Crippen LogP contribution is 2.29. The van der Waals surface area contributed by atoms with Gasteiger partial charge in [0.1, 0.15) is 30.2 Å². The van der Waals surface area contributed by atoms with Gasteiger partial charge >= 0.3 is 5.97 Å². The zero-order valence-electron chi connectivity index (χ0n) is 39.8. The second-order valence-electron chi connectivity index (χ2n) is 18.6. The molecule has 0 radical (unpaired) electrons. The van der Waals surface area contributed by atoms with Crippen LogP contribution in [0.1, 0.15) is 80.9 Å². The van der Waals surface area contributed by atoms with Gasteiger partial charge in [-0.05, 0) is 80.3 Å². The second kappa shape index (κ2) is 24.4. The molecule has 5 amide bonds. The minimum Gasteiger partial charge on any atom is -0.480 e. The number of aromatic nitrogens is 2. The first-order valence-electron chi connectivity index (χ1n) is 24.5. The van der Waals surface area contributed by atoms with E-state index in [0.29, 0.717) is 25.7 Å². The number of nitrogens with zero attached hydrogens (tertiary/aromatic N) is 2. The Hall–Kier alpha value is -7.21. The number of carbonyl (C=O) groups is 6. The first-order chi connectivity index (χ1) is 33.9. The number of guanidine groups is 1. The molecule has 0 unspecified atom stereocenters. The molecule has 0 bridgehead atoms. The number of hydrogen-bond acceptors (Lipinski definition) is 8. The molecule has 3 aromatic carbocycles. The number of hydrogen-bond donors (Lipinski definition) is 10. The number of amides is 5. The van der Waals surface area contributed by atoms with Crippen LogP contribution in [-0.4, -0.2) is 118 Å². The van der Waals surface area contributed by atoms with E-state index < -0.39 is 65.8 Å². The number of fused-ring (bicyclic) bond motifs is 2. The number of nitrogens with two attached hydrogens (primary N) is 2. The summed E-state index contributed by atoms with van der Waals surface area (Å²) in [6.07, 6.45) is 10.4. The molecule has 1 saturated heterocycles. The van der Waals surface area contributed by atoms with Crippen molar-refractivity contribution < 1.29 is 33.9 Å². The standard InChI is InChI=1S/C52H67N11O7/c1-55-41(26-32-14-4-2-5-15-32)46(64)62-44(29-35-31-58-39-21-11-9-19-37(35)39)50(68)63-25-13-23-45(63)49(67)61-42(27-33-16-6-3-7-17-33)47(65)60-43(28-34-30-57-38-20-10-8-18-36(34)38)48(66)59-40(51(69)70)22-12-24-56-52(53)54/h2,4-5,8-11,14-15,18-21,30-31,33,40-45,55,57-58H,3,6-7,12-13,16-17,22-29H2,1H3,(H,59,66)(H,60,65)(H,61,67)(H,62,64)(H,69,70)(H4,53,54,56)/t40-,41+,42-,43+,44+,45+/m1/s1. The van der Waals surface area contributed by atoms with Gasteiger partial charge in [-0.25, -0.2) is 4.79 Å². The van der Waals surface area contributed by atoms with Crippen molar-refractivity contribution in [3.05, 3.63) is 108 Å². The van der Waals surface area contributed by atoms with Crippen LogP contribution in [0.3, 0.4) is 0 Å². The lowest BCUT2D eigenvalue weighted by atomic mass is 9.84. The number of carboxylic acids is 1. The largest absolute Gasteiger partial charge is 0.480 e. The number of aliphatic imine (C=N–C) groups is 1. The van der Waals surface area contributed by atoms with Crippen molar-refractivity contribution in [2.75, 3.05) is 20.1 Å². The topological polar surface area (TPSA) is 282 Å². The molecular weight excluding hydrogens is 891 g/mol. The van der Waals surface area contributed by atoms with E-state index in [1.54, 1.807) is 13.2 Å². The fraction of sp³-hybridized carbons (Fsp3) is 0.442.